The number of aromatic nitrogens is 2. The predicted molar refractivity (Wildman–Crippen MR) is 74.6 cm³/mol. The van der Waals surface area contributed by atoms with E-state index >= 15 is 0 Å². The molecule has 1 aromatic rings. The Hall–Kier alpha value is -0.820. The summed E-state index contributed by atoms with van der Waals surface area (Å²) in [5, 5.41) is 11.1. The van der Waals surface area contributed by atoms with Crippen LogP contribution in [0.15, 0.2) is 4.34 Å². The summed E-state index contributed by atoms with van der Waals surface area (Å²) in [4.78, 5) is 11.8. The molecule has 0 saturated heterocycles. The third-order valence-corrected chi connectivity index (χ3v) is 5.09. The monoisotopic (exact) mass is 286 g/mol. The summed E-state index contributed by atoms with van der Waals surface area (Å²) >= 11 is 2.71. The van der Waals surface area contributed by atoms with Crippen molar-refractivity contribution in [3.63, 3.8) is 0 Å². The van der Waals surface area contributed by atoms with Gasteiger partial charge in [0.05, 0.1) is 5.75 Å². The van der Waals surface area contributed by atoms with E-state index in [1.54, 1.807) is 0 Å². The number of rotatable bonds is 4. The smallest absolute Gasteiger partial charge is 0.230 e. The van der Waals surface area contributed by atoms with Crippen LogP contribution in [0.5, 0.6) is 0 Å². The van der Waals surface area contributed by atoms with E-state index in [1.807, 2.05) is 0 Å². The highest BCUT2D eigenvalue weighted by atomic mass is 32.2. The number of thioether (sulfide) groups is 1. The van der Waals surface area contributed by atoms with Crippen molar-refractivity contribution in [1.29, 1.82) is 0 Å². The summed E-state index contributed by atoms with van der Waals surface area (Å²) < 4.78 is 0.749. The fourth-order valence-electron chi connectivity index (χ4n) is 2.19. The number of carbonyl (C=O) groups excluding carboxylic acids is 1. The quantitative estimate of drug-likeness (QED) is 0.826. The van der Waals surface area contributed by atoms with Crippen LogP contribution in [0.2, 0.25) is 0 Å². The Labute approximate surface area is 115 Å². The first-order chi connectivity index (χ1) is 8.65. The highest BCUT2D eigenvalue weighted by Crippen LogP contribution is 2.25. The first kappa shape index (κ1) is 13.6. The van der Waals surface area contributed by atoms with Gasteiger partial charge in [0.25, 0.3) is 0 Å². The maximum absolute atomic E-state index is 11.8. The molecule has 1 heterocycles. The number of amides is 1. The molecule has 3 N–H and O–H groups in total. The van der Waals surface area contributed by atoms with Gasteiger partial charge >= 0.3 is 0 Å². The Kier molecular flexibility index (Phi) is 4.82. The largest absolute Gasteiger partial charge is 0.374 e. The first-order valence-corrected chi connectivity index (χ1v) is 7.96. The molecule has 18 heavy (non-hydrogen) atoms. The van der Waals surface area contributed by atoms with Crippen LogP contribution in [0, 0.1) is 5.92 Å². The Morgan fingerprint density at radius 2 is 2.28 bits per heavy atom. The standard InChI is InChI=1S/C11H18N4OS2/c1-7-4-2-3-5-8(7)13-9(16)6-17-11-15-14-10(12)18-11/h7-8H,2-6H2,1H3,(H2,12,14)(H,13,16)/t7-,8+/m1/s1. The van der Waals surface area contributed by atoms with Gasteiger partial charge in [0.1, 0.15) is 0 Å². The Balaban J connectivity index is 1.74. The van der Waals surface area contributed by atoms with Crippen LogP contribution >= 0.6 is 23.1 Å². The summed E-state index contributed by atoms with van der Waals surface area (Å²) in [6, 6.07) is 0.339. The number of nitrogens with one attached hydrogen (secondary N) is 1. The molecular formula is C11H18N4OS2. The van der Waals surface area contributed by atoms with E-state index in [0.717, 1.165) is 10.8 Å². The molecule has 0 bridgehead atoms. The van der Waals surface area contributed by atoms with Crippen molar-refractivity contribution in [2.45, 2.75) is 43.0 Å². The third kappa shape index (κ3) is 3.84. The maximum atomic E-state index is 11.8. The summed E-state index contributed by atoms with van der Waals surface area (Å²) in [6.07, 6.45) is 4.82. The van der Waals surface area contributed by atoms with E-state index < -0.39 is 0 Å². The minimum Gasteiger partial charge on any atom is -0.374 e. The van der Waals surface area contributed by atoms with Gasteiger partial charge in [0.15, 0.2) is 4.34 Å². The molecular weight excluding hydrogens is 268 g/mol. The SMILES string of the molecule is C[C@@H]1CCCC[C@@H]1NC(=O)CSc1nnc(N)s1. The average molecular weight is 286 g/mol. The van der Waals surface area contributed by atoms with Crippen molar-refractivity contribution in [2.24, 2.45) is 5.92 Å². The van der Waals surface area contributed by atoms with Crippen LogP contribution in [0.4, 0.5) is 5.13 Å². The summed E-state index contributed by atoms with van der Waals surface area (Å²) in [7, 11) is 0. The topological polar surface area (TPSA) is 80.9 Å². The molecule has 0 unspecified atom stereocenters. The van der Waals surface area contributed by atoms with Crippen LogP contribution < -0.4 is 11.1 Å². The van der Waals surface area contributed by atoms with Gasteiger partial charge in [-0.15, -0.1) is 10.2 Å². The van der Waals surface area contributed by atoms with Crippen LogP contribution in [0.25, 0.3) is 0 Å². The van der Waals surface area contributed by atoms with Gasteiger partial charge in [-0.2, -0.15) is 0 Å². The van der Waals surface area contributed by atoms with Gasteiger partial charge in [-0.3, -0.25) is 4.79 Å². The van der Waals surface area contributed by atoms with Crippen molar-refractivity contribution < 1.29 is 4.79 Å². The molecule has 1 saturated carbocycles. The first-order valence-electron chi connectivity index (χ1n) is 6.16. The van der Waals surface area contributed by atoms with E-state index in [-0.39, 0.29) is 5.91 Å². The third-order valence-electron chi connectivity index (χ3n) is 3.21. The predicted octanol–water partition coefficient (Wildman–Crippen LogP) is 1.91. The molecule has 2 rings (SSSR count). The number of nitrogens with zero attached hydrogens (tertiary/aromatic N) is 2. The van der Waals surface area contributed by atoms with E-state index in [2.05, 4.69) is 22.4 Å². The molecule has 0 aliphatic heterocycles. The van der Waals surface area contributed by atoms with Crippen LogP contribution in [-0.2, 0) is 4.79 Å². The number of nitrogen functional groups attached to an aromatic ring is 1. The number of hydrogen-bond acceptors (Lipinski definition) is 6. The van der Waals surface area contributed by atoms with Crippen LogP contribution in [0.3, 0.4) is 0 Å². The molecule has 1 aliphatic carbocycles. The lowest BCUT2D eigenvalue weighted by Gasteiger charge is -2.29. The Morgan fingerprint density at radius 3 is 2.94 bits per heavy atom. The van der Waals surface area contributed by atoms with Crippen molar-refractivity contribution in [3.8, 4) is 0 Å². The molecule has 2 atom stereocenters. The lowest BCUT2D eigenvalue weighted by molar-refractivity contribution is -0.119. The Morgan fingerprint density at radius 1 is 1.50 bits per heavy atom. The number of carbonyl (C=O) groups is 1. The molecule has 1 aliphatic rings. The van der Waals surface area contributed by atoms with Gasteiger partial charge in [-0.25, -0.2) is 0 Å². The molecule has 0 radical (unpaired) electrons. The summed E-state index contributed by atoms with van der Waals surface area (Å²) in [6.45, 7) is 2.21. The second-order valence-corrected chi connectivity index (χ2v) is 6.86. The molecule has 0 spiro atoms. The van der Waals surface area contributed by atoms with Gasteiger partial charge < -0.3 is 11.1 Å². The van der Waals surface area contributed by atoms with E-state index in [9.17, 15) is 4.79 Å². The van der Waals surface area contributed by atoms with Crippen LogP contribution in [0.1, 0.15) is 32.6 Å². The van der Waals surface area contributed by atoms with Gasteiger partial charge in [-0.1, -0.05) is 42.9 Å². The lowest BCUT2D eigenvalue weighted by Crippen LogP contribution is -2.41. The summed E-state index contributed by atoms with van der Waals surface area (Å²) in [5.74, 6) is 1.05. The fourth-order valence-corrected chi connectivity index (χ4v) is 3.63. The van der Waals surface area contributed by atoms with Crippen molar-refractivity contribution >= 4 is 34.1 Å². The molecule has 5 nitrogen and oxygen atoms in total. The average Bonchev–Trinajstić information content (AvgIpc) is 2.76. The highest BCUT2D eigenvalue weighted by molar-refractivity contribution is 8.01. The number of nitrogens with two attached hydrogens (primary N) is 1. The van der Waals surface area contributed by atoms with Gasteiger partial charge in [0.2, 0.25) is 11.0 Å². The van der Waals surface area contributed by atoms with Crippen molar-refractivity contribution in [3.05, 3.63) is 0 Å². The lowest BCUT2D eigenvalue weighted by atomic mass is 9.86. The van der Waals surface area contributed by atoms with E-state index in [1.165, 1.54) is 42.4 Å². The second kappa shape index (κ2) is 6.38. The molecule has 1 amide bonds. The van der Waals surface area contributed by atoms with Crippen molar-refractivity contribution in [2.75, 3.05) is 11.5 Å². The highest BCUT2D eigenvalue weighted by Gasteiger charge is 2.22. The zero-order chi connectivity index (χ0) is 13.0. The second-order valence-electron chi connectivity index (χ2n) is 4.63. The maximum Gasteiger partial charge on any atom is 0.230 e. The molecule has 100 valence electrons. The number of anilines is 1. The van der Waals surface area contributed by atoms with Gasteiger partial charge in [0, 0.05) is 6.04 Å². The Bertz CT molecular complexity index is 410. The fraction of sp³-hybridized carbons (Fsp3) is 0.727. The zero-order valence-corrected chi connectivity index (χ0v) is 12.0. The summed E-state index contributed by atoms with van der Waals surface area (Å²) in [5.41, 5.74) is 5.48. The minimum absolute atomic E-state index is 0.0764. The minimum atomic E-state index is 0.0764. The normalized spacial score (nSPS) is 23.8. The molecule has 1 aromatic heterocycles. The van der Waals surface area contributed by atoms with Gasteiger partial charge in [-0.05, 0) is 18.8 Å². The zero-order valence-electron chi connectivity index (χ0n) is 10.4. The van der Waals surface area contributed by atoms with E-state index in [4.69, 9.17) is 5.73 Å². The molecule has 0 aromatic carbocycles. The number of hydrogen-bond donors (Lipinski definition) is 2. The molecule has 7 heteroatoms. The van der Waals surface area contributed by atoms with E-state index in [0.29, 0.717) is 22.8 Å². The van der Waals surface area contributed by atoms with Crippen LogP contribution in [-0.4, -0.2) is 27.9 Å². The van der Waals surface area contributed by atoms with Crippen molar-refractivity contribution in [1.82, 2.24) is 15.5 Å². The molecule has 1 fully saturated rings.